The third-order valence-electron chi connectivity index (χ3n) is 5.74. The fraction of sp³-hybridized carbons (Fsp3) is 0.591. The lowest BCUT2D eigenvalue weighted by atomic mass is 9.62. The highest BCUT2D eigenvalue weighted by Gasteiger charge is 2.32. The molecular formula is C22H32BN3O3. The average molecular weight is 397 g/mol. The molecule has 0 atom stereocenters. The lowest BCUT2D eigenvalue weighted by Gasteiger charge is -2.41. The maximum absolute atomic E-state index is 13.0. The van der Waals surface area contributed by atoms with Crippen molar-refractivity contribution in [3.63, 3.8) is 0 Å². The third kappa shape index (κ3) is 4.96. The zero-order valence-corrected chi connectivity index (χ0v) is 18.0. The molecular weight excluding hydrogens is 365 g/mol. The topological polar surface area (TPSA) is 91.7 Å². The predicted molar refractivity (Wildman–Crippen MR) is 117 cm³/mol. The predicted octanol–water partition coefficient (Wildman–Crippen LogP) is 2.81. The van der Waals surface area contributed by atoms with E-state index in [1.165, 1.54) is 0 Å². The number of β-amino-alcohol motifs (C(OH)–C–C–N with tert-alkyl or cyclic N) is 1. The van der Waals surface area contributed by atoms with Gasteiger partial charge in [0.1, 0.15) is 11.3 Å². The number of benzene rings is 1. The minimum Gasteiger partial charge on any atom is -0.460 e. The number of carbonyl (C=O) groups excluding carboxylic acids is 1. The van der Waals surface area contributed by atoms with Crippen molar-refractivity contribution in [2.45, 2.75) is 57.9 Å². The van der Waals surface area contributed by atoms with E-state index < -0.39 is 10.9 Å². The van der Waals surface area contributed by atoms with Gasteiger partial charge in [0, 0.05) is 24.2 Å². The van der Waals surface area contributed by atoms with E-state index in [1.54, 1.807) is 0 Å². The van der Waals surface area contributed by atoms with E-state index in [4.69, 9.17) is 18.0 Å². The van der Waals surface area contributed by atoms with Crippen molar-refractivity contribution >= 4 is 30.4 Å². The number of piperidine rings is 1. The van der Waals surface area contributed by atoms with Crippen LogP contribution < -0.4 is 11.1 Å². The Hall–Kier alpha value is -1.99. The van der Waals surface area contributed by atoms with Gasteiger partial charge in [0.2, 0.25) is 0 Å². The first-order chi connectivity index (χ1) is 13.5. The smallest absolute Gasteiger partial charge is 0.255 e. The fourth-order valence-corrected chi connectivity index (χ4v) is 4.10. The number of furan rings is 1. The third-order valence-corrected chi connectivity index (χ3v) is 5.74. The molecule has 4 N–H and O–H groups in total. The number of aryl methyl sites for hydroxylation is 2. The molecule has 2 radical (unpaired) electrons. The number of anilines is 1. The molecule has 29 heavy (non-hydrogen) atoms. The number of nitrogen functional groups attached to an aromatic ring is 1. The Morgan fingerprint density at radius 1 is 1.38 bits per heavy atom. The standard InChI is InChI=1S/C22H32BN3O3/c1-5-15-11-17(19-16(18(15)24)10-14(2)29-19)20(27)25-12-22(23)6-8-26(9-7-22)13-21(3,4)28/h10-11,28H,5-9,12-13,24H2,1-4H3,(H,25,27). The van der Waals surface area contributed by atoms with Crippen molar-refractivity contribution in [3.05, 3.63) is 29.0 Å². The number of fused-ring (bicyclic) bond motifs is 1. The molecule has 156 valence electrons. The van der Waals surface area contributed by atoms with Crippen LogP contribution in [-0.4, -0.2) is 55.5 Å². The fourth-order valence-electron chi connectivity index (χ4n) is 4.10. The van der Waals surface area contributed by atoms with Crippen molar-refractivity contribution in [1.29, 1.82) is 0 Å². The lowest BCUT2D eigenvalue weighted by molar-refractivity contribution is 0.0258. The molecule has 0 bridgehead atoms. The second kappa shape index (κ2) is 8.03. The molecule has 2 heterocycles. The number of amides is 1. The molecule has 0 aliphatic carbocycles. The normalized spacial score (nSPS) is 17.6. The van der Waals surface area contributed by atoms with Crippen molar-refractivity contribution in [2.75, 3.05) is 31.9 Å². The molecule has 7 heteroatoms. The van der Waals surface area contributed by atoms with Crippen LogP contribution in [0.25, 0.3) is 11.0 Å². The van der Waals surface area contributed by atoms with Crippen molar-refractivity contribution in [2.24, 2.45) is 0 Å². The Morgan fingerprint density at radius 2 is 2.03 bits per heavy atom. The summed E-state index contributed by atoms with van der Waals surface area (Å²) >= 11 is 0. The minimum atomic E-state index is -0.721. The van der Waals surface area contributed by atoms with Crippen LogP contribution in [0.4, 0.5) is 5.69 Å². The van der Waals surface area contributed by atoms with Gasteiger partial charge < -0.3 is 25.5 Å². The van der Waals surface area contributed by atoms with Crippen LogP contribution >= 0.6 is 0 Å². The van der Waals surface area contributed by atoms with Crippen LogP contribution in [0.1, 0.15) is 55.3 Å². The summed E-state index contributed by atoms with van der Waals surface area (Å²) in [5, 5.41) is 13.4. The van der Waals surface area contributed by atoms with Gasteiger partial charge in [-0.3, -0.25) is 4.79 Å². The average Bonchev–Trinajstić information content (AvgIpc) is 3.03. The first kappa shape index (κ1) is 21.7. The lowest BCUT2D eigenvalue weighted by Crippen LogP contribution is -2.46. The molecule has 0 spiro atoms. The summed E-state index contributed by atoms with van der Waals surface area (Å²) in [5.74, 6) is 0.534. The Bertz CT molecular complexity index is 893. The Balaban J connectivity index is 1.69. The van der Waals surface area contributed by atoms with Gasteiger partial charge in [-0.2, -0.15) is 0 Å². The van der Waals surface area contributed by atoms with E-state index in [2.05, 4.69) is 10.2 Å². The van der Waals surface area contributed by atoms with Crippen LogP contribution in [0.5, 0.6) is 0 Å². The molecule has 1 aliphatic rings. The van der Waals surface area contributed by atoms with Gasteiger partial charge in [-0.1, -0.05) is 6.92 Å². The monoisotopic (exact) mass is 397 g/mol. The van der Waals surface area contributed by atoms with E-state index >= 15 is 0 Å². The summed E-state index contributed by atoms with van der Waals surface area (Å²) < 4.78 is 5.78. The Labute approximate surface area is 174 Å². The van der Waals surface area contributed by atoms with Gasteiger partial charge in [-0.25, -0.2) is 0 Å². The number of aliphatic hydroxyl groups is 1. The number of nitrogens with two attached hydrogens (primary N) is 1. The van der Waals surface area contributed by atoms with Crippen LogP contribution in [0.3, 0.4) is 0 Å². The summed E-state index contributed by atoms with van der Waals surface area (Å²) in [6, 6.07) is 3.70. The van der Waals surface area contributed by atoms with Crippen LogP contribution in [0.15, 0.2) is 16.5 Å². The zero-order chi connectivity index (χ0) is 21.4. The highest BCUT2D eigenvalue weighted by atomic mass is 16.3. The molecule has 6 nitrogen and oxygen atoms in total. The Morgan fingerprint density at radius 3 is 2.62 bits per heavy atom. The second-order valence-electron chi connectivity index (χ2n) is 9.08. The number of nitrogens with zero attached hydrogens (tertiary/aromatic N) is 1. The molecule has 1 aliphatic heterocycles. The Kier molecular flexibility index (Phi) is 6.02. The molecule has 1 aromatic heterocycles. The number of rotatable bonds is 6. The van der Waals surface area contributed by atoms with Crippen molar-refractivity contribution < 1.29 is 14.3 Å². The van der Waals surface area contributed by atoms with E-state index in [0.29, 0.717) is 29.9 Å². The molecule has 1 amide bonds. The maximum Gasteiger partial charge on any atom is 0.255 e. The van der Waals surface area contributed by atoms with Crippen molar-refractivity contribution in [1.82, 2.24) is 10.2 Å². The zero-order valence-electron chi connectivity index (χ0n) is 18.0. The summed E-state index contributed by atoms with van der Waals surface area (Å²) in [4.78, 5) is 15.2. The van der Waals surface area contributed by atoms with E-state index in [0.717, 1.165) is 49.1 Å². The van der Waals surface area contributed by atoms with Gasteiger partial charge in [-0.05, 0) is 76.1 Å². The SMILES string of the molecule is [B]C1(CNC(=O)c2cc(CC)c(N)c3cc(C)oc23)CCN(CC(C)(C)O)CC1. The summed E-state index contributed by atoms with van der Waals surface area (Å²) in [6.07, 6.45) is 2.27. The van der Waals surface area contributed by atoms with Gasteiger partial charge in [0.15, 0.2) is 0 Å². The molecule has 1 saturated heterocycles. The van der Waals surface area contributed by atoms with Crippen LogP contribution in [0, 0.1) is 6.92 Å². The van der Waals surface area contributed by atoms with Gasteiger partial charge in [0.25, 0.3) is 5.91 Å². The largest absolute Gasteiger partial charge is 0.460 e. The molecule has 1 aromatic carbocycles. The maximum atomic E-state index is 13.0. The van der Waals surface area contributed by atoms with Crippen molar-refractivity contribution in [3.8, 4) is 0 Å². The highest BCUT2D eigenvalue weighted by Crippen LogP contribution is 2.36. The summed E-state index contributed by atoms with van der Waals surface area (Å²) in [5.41, 5.74) is 8.16. The summed E-state index contributed by atoms with van der Waals surface area (Å²) in [6.45, 7) is 10.1. The highest BCUT2D eigenvalue weighted by molar-refractivity contribution is 6.16. The molecule has 0 unspecified atom stereocenters. The van der Waals surface area contributed by atoms with E-state index in [1.807, 2.05) is 39.8 Å². The number of likely N-dealkylation sites (tertiary alicyclic amines) is 1. The minimum absolute atomic E-state index is 0.192. The van der Waals surface area contributed by atoms with Crippen LogP contribution in [0.2, 0.25) is 5.31 Å². The van der Waals surface area contributed by atoms with E-state index in [9.17, 15) is 9.90 Å². The quantitative estimate of drug-likeness (QED) is 0.515. The number of carbonyl (C=O) groups is 1. The van der Waals surface area contributed by atoms with Gasteiger partial charge >= 0.3 is 0 Å². The number of nitrogens with one attached hydrogen (secondary N) is 1. The first-order valence-electron chi connectivity index (χ1n) is 10.3. The first-order valence-corrected chi connectivity index (χ1v) is 10.3. The van der Waals surface area contributed by atoms with E-state index in [-0.39, 0.29) is 5.91 Å². The molecule has 2 aromatic rings. The second-order valence-corrected chi connectivity index (χ2v) is 9.08. The summed E-state index contributed by atoms with van der Waals surface area (Å²) in [7, 11) is 6.56. The number of hydrogen-bond acceptors (Lipinski definition) is 5. The molecule has 0 saturated carbocycles. The van der Waals surface area contributed by atoms with Gasteiger partial charge in [0.05, 0.1) is 19.0 Å². The number of hydrogen-bond donors (Lipinski definition) is 3. The molecule has 1 fully saturated rings. The van der Waals surface area contributed by atoms with Gasteiger partial charge in [-0.15, -0.1) is 0 Å². The molecule has 3 rings (SSSR count). The van der Waals surface area contributed by atoms with Crippen LogP contribution in [-0.2, 0) is 6.42 Å².